The molecule has 26 heavy (non-hydrogen) atoms. The van der Waals surface area contributed by atoms with Gasteiger partial charge in [-0.05, 0) is 32.2 Å². The van der Waals surface area contributed by atoms with Crippen molar-refractivity contribution < 1.29 is 23.8 Å². The topological polar surface area (TPSA) is 115 Å². The maximum absolute atomic E-state index is 12.0. The number of thiophene rings is 1. The molecule has 2 N–H and O–H groups in total. The molecule has 0 aliphatic rings. The molecular formula is C17H23N3O5S. The zero-order chi connectivity index (χ0) is 19.2. The van der Waals surface area contributed by atoms with E-state index in [2.05, 4.69) is 15.5 Å². The van der Waals surface area contributed by atoms with Gasteiger partial charge in [-0.3, -0.25) is 4.79 Å². The van der Waals surface area contributed by atoms with Gasteiger partial charge in [-0.15, -0.1) is 10.2 Å². The van der Waals surface area contributed by atoms with Crippen LogP contribution in [-0.2, 0) is 20.7 Å². The van der Waals surface area contributed by atoms with Crippen molar-refractivity contribution in [3.05, 3.63) is 22.7 Å². The van der Waals surface area contributed by atoms with Gasteiger partial charge in [-0.2, -0.15) is 11.3 Å². The number of rotatable bonds is 9. The quantitative estimate of drug-likeness (QED) is 0.686. The fourth-order valence-electron chi connectivity index (χ4n) is 2.08. The lowest BCUT2D eigenvalue weighted by molar-refractivity contribution is -0.142. The van der Waals surface area contributed by atoms with Crippen LogP contribution in [0.1, 0.15) is 39.5 Å². The monoisotopic (exact) mass is 381 g/mol. The van der Waals surface area contributed by atoms with Crippen molar-refractivity contribution in [2.45, 2.75) is 51.7 Å². The van der Waals surface area contributed by atoms with Crippen LogP contribution in [0.4, 0.5) is 0 Å². The van der Waals surface area contributed by atoms with E-state index in [1.54, 1.807) is 0 Å². The number of carboxylic acid groups (broad SMARTS) is 1. The standard InChI is InChI=1S/C17H23N3O5S/c1-17(2,3)24-8-6-12(16(22)23)18-13(21)4-5-14-19-20-15(25-14)11-7-9-26-10-11/h7,9-10,12H,4-6,8H2,1-3H3,(H,18,21)(H,22,23). The molecule has 0 saturated carbocycles. The molecule has 0 saturated heterocycles. The van der Waals surface area contributed by atoms with E-state index in [1.807, 2.05) is 37.6 Å². The maximum Gasteiger partial charge on any atom is 0.326 e. The van der Waals surface area contributed by atoms with Crippen LogP contribution in [0.5, 0.6) is 0 Å². The lowest BCUT2D eigenvalue weighted by atomic mass is 10.1. The molecule has 9 heteroatoms. The van der Waals surface area contributed by atoms with Crippen LogP contribution in [0.25, 0.3) is 11.5 Å². The van der Waals surface area contributed by atoms with Crippen LogP contribution in [0.2, 0.25) is 0 Å². The minimum atomic E-state index is -1.09. The number of hydrogen-bond donors (Lipinski definition) is 2. The molecule has 2 aromatic heterocycles. The van der Waals surface area contributed by atoms with E-state index in [-0.39, 0.29) is 37.4 Å². The summed E-state index contributed by atoms with van der Waals surface area (Å²) >= 11 is 1.52. The lowest BCUT2D eigenvalue weighted by Gasteiger charge is -2.21. The number of aryl methyl sites for hydroxylation is 1. The smallest absolute Gasteiger partial charge is 0.326 e. The number of nitrogens with zero attached hydrogens (tertiary/aromatic N) is 2. The highest BCUT2D eigenvalue weighted by Gasteiger charge is 2.21. The molecule has 0 aliphatic carbocycles. The summed E-state index contributed by atoms with van der Waals surface area (Å²) in [5.41, 5.74) is 0.480. The van der Waals surface area contributed by atoms with Crippen LogP contribution in [-0.4, -0.2) is 45.4 Å². The van der Waals surface area contributed by atoms with Gasteiger partial charge in [-0.1, -0.05) is 0 Å². The second-order valence-corrected chi connectivity index (χ2v) is 7.50. The van der Waals surface area contributed by atoms with Gasteiger partial charge in [-0.25, -0.2) is 4.79 Å². The Balaban J connectivity index is 1.80. The molecule has 1 atom stereocenters. The van der Waals surface area contributed by atoms with Crippen molar-refractivity contribution in [2.24, 2.45) is 0 Å². The van der Waals surface area contributed by atoms with Gasteiger partial charge in [0, 0.05) is 36.8 Å². The summed E-state index contributed by atoms with van der Waals surface area (Å²) in [5, 5.41) is 23.4. The Bertz CT molecular complexity index is 721. The van der Waals surface area contributed by atoms with Crippen LogP contribution in [0.3, 0.4) is 0 Å². The minimum absolute atomic E-state index is 0.0647. The average Bonchev–Trinajstić information content (AvgIpc) is 3.21. The Morgan fingerprint density at radius 3 is 2.77 bits per heavy atom. The summed E-state index contributed by atoms with van der Waals surface area (Å²) in [6.07, 6.45) is 0.504. The number of nitrogens with one attached hydrogen (secondary N) is 1. The highest BCUT2D eigenvalue weighted by atomic mass is 32.1. The molecule has 2 aromatic rings. The normalized spacial score (nSPS) is 12.7. The molecule has 0 aliphatic heterocycles. The van der Waals surface area contributed by atoms with E-state index in [4.69, 9.17) is 9.15 Å². The van der Waals surface area contributed by atoms with Crippen LogP contribution < -0.4 is 5.32 Å². The van der Waals surface area contributed by atoms with E-state index < -0.39 is 12.0 Å². The first-order valence-electron chi connectivity index (χ1n) is 8.25. The Morgan fingerprint density at radius 1 is 1.38 bits per heavy atom. The van der Waals surface area contributed by atoms with Crippen molar-refractivity contribution in [2.75, 3.05) is 6.61 Å². The summed E-state index contributed by atoms with van der Waals surface area (Å²) in [7, 11) is 0. The summed E-state index contributed by atoms with van der Waals surface area (Å²) in [6, 6.07) is 0.875. The summed E-state index contributed by atoms with van der Waals surface area (Å²) in [4.78, 5) is 23.3. The molecule has 0 bridgehead atoms. The van der Waals surface area contributed by atoms with Gasteiger partial charge in [0.05, 0.1) is 5.60 Å². The summed E-state index contributed by atoms with van der Waals surface area (Å²) < 4.78 is 11.0. The summed E-state index contributed by atoms with van der Waals surface area (Å²) in [5.74, 6) is -0.731. The van der Waals surface area contributed by atoms with Gasteiger partial charge in [0.1, 0.15) is 6.04 Å². The first-order valence-corrected chi connectivity index (χ1v) is 9.20. The molecular weight excluding hydrogens is 358 g/mol. The average molecular weight is 381 g/mol. The van der Waals surface area contributed by atoms with E-state index in [1.165, 1.54) is 11.3 Å². The molecule has 8 nitrogen and oxygen atoms in total. The third kappa shape index (κ3) is 6.57. The number of carbonyl (C=O) groups is 2. The van der Waals surface area contributed by atoms with Crippen molar-refractivity contribution in [3.63, 3.8) is 0 Å². The van der Waals surface area contributed by atoms with Gasteiger partial charge in [0.2, 0.25) is 17.7 Å². The third-order valence-electron chi connectivity index (χ3n) is 3.38. The fraction of sp³-hybridized carbons (Fsp3) is 0.529. The van der Waals surface area contributed by atoms with E-state index in [9.17, 15) is 14.7 Å². The number of ether oxygens (including phenoxy) is 1. The van der Waals surface area contributed by atoms with Gasteiger partial charge >= 0.3 is 5.97 Å². The predicted molar refractivity (Wildman–Crippen MR) is 95.8 cm³/mol. The molecule has 2 heterocycles. The molecule has 2 rings (SSSR count). The minimum Gasteiger partial charge on any atom is -0.480 e. The number of aromatic nitrogens is 2. The van der Waals surface area contributed by atoms with Gasteiger partial charge in [0.25, 0.3) is 0 Å². The molecule has 1 amide bonds. The largest absolute Gasteiger partial charge is 0.480 e. The first-order chi connectivity index (χ1) is 12.2. The third-order valence-corrected chi connectivity index (χ3v) is 4.06. The number of amides is 1. The maximum atomic E-state index is 12.0. The highest BCUT2D eigenvalue weighted by molar-refractivity contribution is 7.08. The fourth-order valence-corrected chi connectivity index (χ4v) is 2.71. The van der Waals surface area contributed by atoms with Crippen LogP contribution in [0, 0.1) is 0 Å². The Labute approximate surface area is 155 Å². The molecule has 1 unspecified atom stereocenters. The van der Waals surface area contributed by atoms with Crippen molar-refractivity contribution in [3.8, 4) is 11.5 Å². The molecule has 0 fully saturated rings. The summed E-state index contributed by atoms with van der Waals surface area (Å²) in [6.45, 7) is 5.90. The highest BCUT2D eigenvalue weighted by Crippen LogP contribution is 2.20. The predicted octanol–water partition coefficient (Wildman–Crippen LogP) is 2.51. The number of aliphatic carboxylic acids is 1. The Morgan fingerprint density at radius 2 is 2.15 bits per heavy atom. The van der Waals surface area contributed by atoms with Crippen molar-refractivity contribution >= 4 is 23.2 Å². The first kappa shape index (κ1) is 20.1. The van der Waals surface area contributed by atoms with E-state index >= 15 is 0 Å². The lowest BCUT2D eigenvalue weighted by Crippen LogP contribution is -2.42. The second-order valence-electron chi connectivity index (χ2n) is 6.72. The van der Waals surface area contributed by atoms with Crippen molar-refractivity contribution in [1.29, 1.82) is 0 Å². The SMILES string of the molecule is CC(C)(C)OCCC(NC(=O)CCc1nnc(-c2ccsc2)o1)C(=O)O. The zero-order valence-electron chi connectivity index (χ0n) is 15.0. The Kier molecular flexibility index (Phi) is 6.87. The van der Waals surface area contributed by atoms with Gasteiger partial charge < -0.3 is 19.6 Å². The number of carboxylic acids is 1. The molecule has 0 spiro atoms. The second kappa shape index (κ2) is 8.91. The number of hydrogen-bond acceptors (Lipinski definition) is 7. The molecule has 142 valence electrons. The van der Waals surface area contributed by atoms with Crippen molar-refractivity contribution in [1.82, 2.24) is 15.5 Å². The van der Waals surface area contributed by atoms with Crippen LogP contribution >= 0.6 is 11.3 Å². The molecule has 0 aromatic carbocycles. The zero-order valence-corrected chi connectivity index (χ0v) is 15.8. The van der Waals surface area contributed by atoms with Crippen LogP contribution in [0.15, 0.2) is 21.2 Å². The van der Waals surface area contributed by atoms with E-state index in [0.29, 0.717) is 11.8 Å². The number of carbonyl (C=O) groups excluding carboxylic acids is 1. The molecule has 0 radical (unpaired) electrons. The van der Waals surface area contributed by atoms with Gasteiger partial charge in [0.15, 0.2) is 0 Å². The van der Waals surface area contributed by atoms with E-state index in [0.717, 1.165) is 5.56 Å². The Hall–Kier alpha value is -2.26.